The molecular weight excluding hydrogens is 480 g/mol. The van der Waals surface area contributed by atoms with Gasteiger partial charge >= 0.3 is 0 Å². The molecule has 1 unspecified atom stereocenters. The molecule has 0 radical (unpaired) electrons. The number of ether oxygens (including phenoxy) is 2. The van der Waals surface area contributed by atoms with Gasteiger partial charge in [0.25, 0.3) is 0 Å². The van der Waals surface area contributed by atoms with Gasteiger partial charge in [-0.05, 0) is 55.6 Å². The van der Waals surface area contributed by atoms with Crippen LogP contribution in [0, 0.1) is 0 Å². The highest BCUT2D eigenvalue weighted by molar-refractivity contribution is 7.99. The van der Waals surface area contributed by atoms with Gasteiger partial charge in [0, 0.05) is 16.3 Å². The Kier molecular flexibility index (Phi) is 8.33. The van der Waals surface area contributed by atoms with E-state index < -0.39 is 6.10 Å². The third-order valence-corrected chi connectivity index (χ3v) is 6.75. The van der Waals surface area contributed by atoms with Crippen molar-refractivity contribution in [3.05, 3.63) is 84.7 Å². The van der Waals surface area contributed by atoms with Crippen molar-refractivity contribution in [3.8, 4) is 17.2 Å². The molecule has 9 heteroatoms. The Morgan fingerprint density at radius 1 is 1.00 bits per heavy atom. The van der Waals surface area contributed by atoms with Crippen LogP contribution in [0.25, 0.3) is 5.69 Å². The van der Waals surface area contributed by atoms with Gasteiger partial charge in [-0.1, -0.05) is 48.2 Å². The van der Waals surface area contributed by atoms with Crippen LogP contribution in [-0.2, 0) is 4.79 Å². The number of aromatic nitrogens is 3. The first-order valence-corrected chi connectivity index (χ1v) is 13.2. The maximum atomic E-state index is 12.7. The lowest BCUT2D eigenvalue weighted by molar-refractivity contribution is -0.113. The van der Waals surface area contributed by atoms with Crippen molar-refractivity contribution in [2.75, 3.05) is 24.4 Å². The SMILES string of the molecule is COc1ccccc1OC(C)c1nnc(SCC(=O)Nc2cccc(SC)c2)n1-c1ccccc1. The fourth-order valence-electron chi connectivity index (χ4n) is 3.45. The van der Waals surface area contributed by atoms with Crippen molar-refractivity contribution in [1.82, 2.24) is 14.8 Å². The van der Waals surface area contributed by atoms with E-state index in [4.69, 9.17) is 9.47 Å². The van der Waals surface area contributed by atoms with Crippen molar-refractivity contribution in [3.63, 3.8) is 0 Å². The molecule has 0 aliphatic carbocycles. The number of hydrogen-bond acceptors (Lipinski definition) is 7. The molecule has 1 aromatic heterocycles. The van der Waals surface area contributed by atoms with Crippen LogP contribution in [-0.4, -0.2) is 39.8 Å². The highest BCUT2D eigenvalue weighted by atomic mass is 32.2. The summed E-state index contributed by atoms with van der Waals surface area (Å²) in [6.45, 7) is 1.91. The number of nitrogens with zero attached hydrogens (tertiary/aromatic N) is 3. The molecule has 0 fully saturated rings. The average Bonchev–Trinajstić information content (AvgIpc) is 3.32. The van der Waals surface area contributed by atoms with Gasteiger partial charge in [0.15, 0.2) is 28.6 Å². The van der Waals surface area contributed by atoms with Crippen molar-refractivity contribution >= 4 is 35.1 Å². The van der Waals surface area contributed by atoms with Gasteiger partial charge in [-0.3, -0.25) is 9.36 Å². The molecule has 4 aromatic rings. The average molecular weight is 507 g/mol. The zero-order valence-electron chi connectivity index (χ0n) is 19.7. The highest BCUT2D eigenvalue weighted by Gasteiger charge is 2.22. The van der Waals surface area contributed by atoms with E-state index in [2.05, 4.69) is 15.5 Å². The van der Waals surface area contributed by atoms with E-state index >= 15 is 0 Å². The Balaban J connectivity index is 1.54. The van der Waals surface area contributed by atoms with E-state index in [0.29, 0.717) is 22.5 Å². The summed E-state index contributed by atoms with van der Waals surface area (Å²) in [7, 11) is 1.61. The molecule has 1 atom stereocenters. The Labute approximate surface area is 213 Å². The zero-order chi connectivity index (χ0) is 24.6. The van der Waals surface area contributed by atoms with Gasteiger partial charge in [-0.15, -0.1) is 22.0 Å². The summed E-state index contributed by atoms with van der Waals surface area (Å²) in [6.07, 6.45) is 1.58. The fraction of sp³-hybridized carbons (Fsp3) is 0.192. The molecule has 35 heavy (non-hydrogen) atoms. The van der Waals surface area contributed by atoms with Crippen LogP contribution in [0.2, 0.25) is 0 Å². The van der Waals surface area contributed by atoms with Gasteiger partial charge in [-0.2, -0.15) is 0 Å². The number of nitrogens with one attached hydrogen (secondary N) is 1. The molecule has 1 amide bonds. The lowest BCUT2D eigenvalue weighted by atomic mass is 10.3. The Morgan fingerprint density at radius 3 is 2.49 bits per heavy atom. The number of carbonyl (C=O) groups excluding carboxylic acids is 1. The second-order valence-corrected chi connectivity index (χ2v) is 9.31. The number of anilines is 1. The van der Waals surface area contributed by atoms with E-state index in [9.17, 15) is 4.79 Å². The van der Waals surface area contributed by atoms with Crippen LogP contribution in [0.1, 0.15) is 18.9 Å². The summed E-state index contributed by atoms with van der Waals surface area (Å²) >= 11 is 2.95. The Morgan fingerprint density at radius 2 is 1.74 bits per heavy atom. The molecule has 0 spiro atoms. The first-order chi connectivity index (χ1) is 17.1. The van der Waals surface area contributed by atoms with Gasteiger partial charge in [-0.25, -0.2) is 0 Å². The number of hydrogen-bond donors (Lipinski definition) is 1. The second kappa shape index (κ2) is 11.8. The van der Waals surface area contributed by atoms with E-state index in [1.165, 1.54) is 11.8 Å². The largest absolute Gasteiger partial charge is 0.493 e. The van der Waals surface area contributed by atoms with Gasteiger partial charge in [0.2, 0.25) is 5.91 Å². The number of amides is 1. The van der Waals surface area contributed by atoms with Crippen molar-refractivity contribution in [1.29, 1.82) is 0 Å². The molecule has 1 N–H and O–H groups in total. The molecule has 3 aromatic carbocycles. The summed E-state index contributed by atoms with van der Waals surface area (Å²) in [5, 5.41) is 12.4. The van der Waals surface area contributed by atoms with Crippen molar-refractivity contribution in [2.45, 2.75) is 23.1 Å². The fourth-order valence-corrected chi connectivity index (χ4v) is 4.66. The summed E-state index contributed by atoms with van der Waals surface area (Å²) in [4.78, 5) is 13.7. The van der Waals surface area contributed by atoms with Crippen LogP contribution in [0.4, 0.5) is 5.69 Å². The number of rotatable bonds is 10. The van der Waals surface area contributed by atoms with Crippen LogP contribution in [0.15, 0.2) is 88.9 Å². The number of carbonyl (C=O) groups is 1. The van der Waals surface area contributed by atoms with E-state index in [-0.39, 0.29) is 11.7 Å². The maximum Gasteiger partial charge on any atom is 0.234 e. The lowest BCUT2D eigenvalue weighted by Crippen LogP contribution is -2.15. The second-order valence-electron chi connectivity index (χ2n) is 7.49. The quantitative estimate of drug-likeness (QED) is 0.270. The number of benzene rings is 3. The topological polar surface area (TPSA) is 78.3 Å². The molecule has 0 aliphatic heterocycles. The van der Waals surface area contributed by atoms with Crippen molar-refractivity contribution in [2.24, 2.45) is 0 Å². The molecular formula is C26H26N4O3S2. The number of para-hydroxylation sites is 3. The molecule has 0 bridgehead atoms. The van der Waals surface area contributed by atoms with E-state index in [1.807, 2.05) is 96.6 Å². The summed E-state index contributed by atoms with van der Waals surface area (Å²) in [6, 6.07) is 25.0. The molecule has 0 saturated heterocycles. The summed E-state index contributed by atoms with van der Waals surface area (Å²) in [5.74, 6) is 1.96. The minimum Gasteiger partial charge on any atom is -0.493 e. The van der Waals surface area contributed by atoms with Crippen molar-refractivity contribution < 1.29 is 14.3 Å². The smallest absolute Gasteiger partial charge is 0.234 e. The molecule has 0 aliphatic rings. The first kappa shape index (κ1) is 24.7. The predicted octanol–water partition coefficient (Wildman–Crippen LogP) is 5.87. The van der Waals surface area contributed by atoms with E-state index in [0.717, 1.165) is 16.3 Å². The molecule has 1 heterocycles. The third kappa shape index (κ3) is 6.17. The van der Waals surface area contributed by atoms with Crippen LogP contribution >= 0.6 is 23.5 Å². The standard InChI is InChI=1S/C26H26N4O3S2/c1-18(33-23-15-8-7-14-22(23)32-2)25-28-29-26(30(25)20-11-5-4-6-12-20)35-17-24(31)27-19-10-9-13-21(16-19)34-3/h4-16,18H,17H2,1-3H3,(H,27,31). The van der Waals surface area contributed by atoms with Crippen LogP contribution in [0.5, 0.6) is 11.5 Å². The van der Waals surface area contributed by atoms with Crippen LogP contribution < -0.4 is 14.8 Å². The zero-order valence-corrected chi connectivity index (χ0v) is 21.3. The third-order valence-electron chi connectivity index (χ3n) is 5.10. The maximum absolute atomic E-state index is 12.7. The van der Waals surface area contributed by atoms with Gasteiger partial charge in [0.1, 0.15) is 0 Å². The molecule has 4 rings (SSSR count). The number of methoxy groups -OCH3 is 1. The number of thioether (sulfide) groups is 2. The highest BCUT2D eigenvalue weighted by Crippen LogP contribution is 2.32. The van der Waals surface area contributed by atoms with Crippen LogP contribution in [0.3, 0.4) is 0 Å². The van der Waals surface area contributed by atoms with Gasteiger partial charge < -0.3 is 14.8 Å². The molecule has 7 nitrogen and oxygen atoms in total. The minimum atomic E-state index is -0.420. The predicted molar refractivity (Wildman–Crippen MR) is 141 cm³/mol. The first-order valence-electron chi connectivity index (χ1n) is 11.0. The molecule has 180 valence electrons. The summed E-state index contributed by atoms with van der Waals surface area (Å²) < 4.78 is 13.5. The summed E-state index contributed by atoms with van der Waals surface area (Å²) in [5.41, 5.74) is 1.66. The Hall–Kier alpha value is -3.43. The van der Waals surface area contributed by atoms with E-state index in [1.54, 1.807) is 18.9 Å². The molecule has 0 saturated carbocycles. The minimum absolute atomic E-state index is 0.115. The lowest BCUT2D eigenvalue weighted by Gasteiger charge is -2.18. The Bertz CT molecular complexity index is 1280. The van der Waals surface area contributed by atoms with Gasteiger partial charge in [0.05, 0.1) is 12.9 Å². The normalized spacial score (nSPS) is 11.6. The monoisotopic (exact) mass is 506 g/mol.